The first-order chi connectivity index (χ1) is 9.40. The zero-order valence-electron chi connectivity index (χ0n) is 13.3. The van der Waals surface area contributed by atoms with Gasteiger partial charge in [-0.05, 0) is 48.8 Å². The van der Waals surface area contributed by atoms with Crippen LogP contribution >= 0.6 is 0 Å². The van der Waals surface area contributed by atoms with Gasteiger partial charge >= 0.3 is 0 Å². The molecule has 3 heteroatoms. The zero-order valence-corrected chi connectivity index (χ0v) is 13.3. The van der Waals surface area contributed by atoms with Gasteiger partial charge in [0.15, 0.2) is 0 Å². The molecular formula is C17H25N3. The lowest BCUT2D eigenvalue weighted by atomic mass is 9.83. The number of aromatic nitrogens is 3. The lowest BCUT2D eigenvalue weighted by molar-refractivity contribution is 0.585. The quantitative estimate of drug-likeness (QED) is 0.849. The number of hydrogen-bond acceptors (Lipinski definition) is 2. The maximum Gasteiger partial charge on any atom is 0.0830 e. The van der Waals surface area contributed by atoms with Crippen LogP contribution in [0.5, 0.6) is 0 Å². The van der Waals surface area contributed by atoms with Crippen LogP contribution in [-0.4, -0.2) is 15.0 Å². The normalized spacial score (nSPS) is 11.8. The zero-order chi connectivity index (χ0) is 14.8. The average Bonchev–Trinajstić information content (AvgIpc) is 2.84. The minimum absolute atomic E-state index is 0.200. The van der Waals surface area contributed by atoms with Crippen molar-refractivity contribution in [3.05, 3.63) is 46.8 Å². The molecule has 20 heavy (non-hydrogen) atoms. The number of benzene rings is 1. The van der Waals surface area contributed by atoms with E-state index in [0.29, 0.717) is 0 Å². The van der Waals surface area contributed by atoms with Gasteiger partial charge in [-0.2, -0.15) is 0 Å². The third-order valence-electron chi connectivity index (χ3n) is 3.69. The van der Waals surface area contributed by atoms with Gasteiger partial charge in [0.1, 0.15) is 0 Å². The average molecular weight is 271 g/mol. The van der Waals surface area contributed by atoms with E-state index in [2.05, 4.69) is 63.1 Å². The molecule has 0 atom stereocenters. The fraction of sp³-hybridized carbons (Fsp3) is 0.529. The molecule has 108 valence electrons. The standard InChI is InChI=1S/C17H25N3/c1-6-20-12-15(18-19-20)10-9-14-8-7-13(2)16(11-14)17(3,4)5/h7-8,11-12H,6,9-10H2,1-5H3. The lowest BCUT2D eigenvalue weighted by Crippen LogP contribution is -2.13. The van der Waals surface area contributed by atoms with Crippen molar-refractivity contribution in [3.8, 4) is 0 Å². The molecule has 3 nitrogen and oxygen atoms in total. The summed E-state index contributed by atoms with van der Waals surface area (Å²) in [5.74, 6) is 0. The molecule has 2 rings (SSSR count). The Morgan fingerprint density at radius 1 is 1.15 bits per heavy atom. The van der Waals surface area contributed by atoms with Crippen LogP contribution in [-0.2, 0) is 24.8 Å². The Bertz CT molecular complexity index is 576. The molecule has 1 aromatic heterocycles. The maximum absolute atomic E-state index is 4.20. The van der Waals surface area contributed by atoms with E-state index < -0.39 is 0 Å². The van der Waals surface area contributed by atoms with Crippen molar-refractivity contribution in [2.75, 3.05) is 0 Å². The van der Waals surface area contributed by atoms with Gasteiger partial charge in [-0.25, -0.2) is 0 Å². The van der Waals surface area contributed by atoms with Crippen LogP contribution in [0.15, 0.2) is 24.4 Å². The van der Waals surface area contributed by atoms with E-state index in [9.17, 15) is 0 Å². The van der Waals surface area contributed by atoms with Gasteiger partial charge in [0, 0.05) is 12.7 Å². The molecule has 0 N–H and O–H groups in total. The molecule has 0 fully saturated rings. The second-order valence-electron chi connectivity index (χ2n) is 6.46. The minimum Gasteiger partial charge on any atom is -0.253 e. The van der Waals surface area contributed by atoms with Crippen molar-refractivity contribution >= 4 is 0 Å². The summed E-state index contributed by atoms with van der Waals surface area (Å²) in [6.45, 7) is 12.0. The van der Waals surface area contributed by atoms with Crippen LogP contribution < -0.4 is 0 Å². The first-order valence-electron chi connectivity index (χ1n) is 7.39. The fourth-order valence-electron chi connectivity index (χ4n) is 2.51. The number of aryl methyl sites for hydroxylation is 4. The van der Waals surface area contributed by atoms with Crippen molar-refractivity contribution in [2.45, 2.75) is 59.4 Å². The topological polar surface area (TPSA) is 30.7 Å². The highest BCUT2D eigenvalue weighted by molar-refractivity contribution is 5.36. The Hall–Kier alpha value is -1.64. The van der Waals surface area contributed by atoms with Crippen LogP contribution in [0, 0.1) is 6.92 Å². The highest BCUT2D eigenvalue weighted by atomic mass is 15.4. The van der Waals surface area contributed by atoms with Crippen LogP contribution in [0.3, 0.4) is 0 Å². The molecule has 0 spiro atoms. The van der Waals surface area contributed by atoms with Gasteiger partial charge < -0.3 is 0 Å². The second kappa shape index (κ2) is 5.78. The Labute approximate surface area is 122 Å². The number of nitrogens with zero attached hydrogens (tertiary/aromatic N) is 3. The van der Waals surface area contributed by atoms with Crippen LogP contribution in [0.2, 0.25) is 0 Å². The molecule has 0 amide bonds. The van der Waals surface area contributed by atoms with Crippen molar-refractivity contribution in [1.29, 1.82) is 0 Å². The molecule has 2 aromatic rings. The summed E-state index contributed by atoms with van der Waals surface area (Å²) in [6, 6.07) is 6.81. The predicted octanol–water partition coefficient (Wildman–Crippen LogP) is 3.69. The maximum atomic E-state index is 4.20. The van der Waals surface area contributed by atoms with Gasteiger partial charge in [0.2, 0.25) is 0 Å². The highest BCUT2D eigenvalue weighted by Gasteiger charge is 2.16. The summed E-state index contributed by atoms with van der Waals surface area (Å²) in [5.41, 5.74) is 5.47. The van der Waals surface area contributed by atoms with E-state index in [-0.39, 0.29) is 5.41 Å². The minimum atomic E-state index is 0.200. The third-order valence-corrected chi connectivity index (χ3v) is 3.69. The summed E-state index contributed by atoms with van der Waals surface area (Å²) in [5, 5.41) is 8.29. The van der Waals surface area contributed by atoms with Gasteiger partial charge in [-0.1, -0.05) is 44.2 Å². The van der Waals surface area contributed by atoms with Gasteiger partial charge in [-0.3, -0.25) is 4.68 Å². The summed E-state index contributed by atoms with van der Waals surface area (Å²) in [7, 11) is 0. The smallest absolute Gasteiger partial charge is 0.0830 e. The molecule has 1 heterocycles. The fourth-order valence-corrected chi connectivity index (χ4v) is 2.51. The van der Waals surface area contributed by atoms with Crippen molar-refractivity contribution < 1.29 is 0 Å². The summed E-state index contributed by atoms with van der Waals surface area (Å²) < 4.78 is 1.88. The van der Waals surface area contributed by atoms with E-state index in [1.54, 1.807) is 0 Å². The Morgan fingerprint density at radius 3 is 2.50 bits per heavy atom. The predicted molar refractivity (Wildman–Crippen MR) is 83.0 cm³/mol. The lowest BCUT2D eigenvalue weighted by Gasteiger charge is -2.22. The van der Waals surface area contributed by atoms with Crippen LogP contribution in [0.1, 0.15) is 50.1 Å². The molecule has 0 aliphatic carbocycles. The largest absolute Gasteiger partial charge is 0.253 e. The monoisotopic (exact) mass is 271 g/mol. The van der Waals surface area contributed by atoms with Crippen LogP contribution in [0.4, 0.5) is 0 Å². The molecule has 1 aromatic carbocycles. The molecule has 0 saturated carbocycles. The molecule has 0 aliphatic heterocycles. The Balaban J connectivity index is 2.10. The van der Waals surface area contributed by atoms with E-state index in [0.717, 1.165) is 25.1 Å². The first kappa shape index (κ1) is 14.8. The van der Waals surface area contributed by atoms with Gasteiger partial charge in [0.25, 0.3) is 0 Å². The van der Waals surface area contributed by atoms with Crippen LogP contribution in [0.25, 0.3) is 0 Å². The molecule has 0 radical (unpaired) electrons. The number of rotatable bonds is 4. The Morgan fingerprint density at radius 2 is 1.90 bits per heavy atom. The van der Waals surface area contributed by atoms with Gasteiger partial charge in [-0.15, -0.1) is 5.10 Å². The van der Waals surface area contributed by atoms with Crippen molar-refractivity contribution in [3.63, 3.8) is 0 Å². The number of hydrogen-bond donors (Lipinski definition) is 0. The Kier molecular flexibility index (Phi) is 4.26. The van der Waals surface area contributed by atoms with E-state index >= 15 is 0 Å². The SMILES string of the molecule is CCn1cc(CCc2ccc(C)c(C(C)(C)C)c2)nn1. The van der Waals surface area contributed by atoms with Crippen molar-refractivity contribution in [2.24, 2.45) is 0 Å². The van der Waals surface area contributed by atoms with E-state index in [1.165, 1.54) is 16.7 Å². The summed E-state index contributed by atoms with van der Waals surface area (Å²) in [6.07, 6.45) is 4.01. The molecule has 0 saturated heterocycles. The molecule has 0 unspecified atom stereocenters. The first-order valence-corrected chi connectivity index (χ1v) is 7.39. The van der Waals surface area contributed by atoms with Crippen molar-refractivity contribution in [1.82, 2.24) is 15.0 Å². The summed E-state index contributed by atoms with van der Waals surface area (Å²) >= 11 is 0. The molecule has 0 aliphatic rings. The van der Waals surface area contributed by atoms with Gasteiger partial charge in [0.05, 0.1) is 5.69 Å². The molecular weight excluding hydrogens is 246 g/mol. The third kappa shape index (κ3) is 3.47. The van der Waals surface area contributed by atoms with E-state index in [4.69, 9.17) is 0 Å². The highest BCUT2D eigenvalue weighted by Crippen LogP contribution is 2.26. The van der Waals surface area contributed by atoms with E-state index in [1.807, 2.05) is 10.9 Å². The molecule has 0 bridgehead atoms. The second-order valence-corrected chi connectivity index (χ2v) is 6.46. The summed E-state index contributed by atoms with van der Waals surface area (Å²) in [4.78, 5) is 0.